The highest BCUT2D eigenvalue weighted by atomic mass is 16.5. The van der Waals surface area contributed by atoms with Crippen molar-refractivity contribution in [2.45, 2.75) is 106 Å². The van der Waals surface area contributed by atoms with E-state index in [0.717, 1.165) is 95.8 Å². The second-order valence-corrected chi connectivity index (χ2v) is 17.9. The minimum atomic E-state index is -0.740. The van der Waals surface area contributed by atoms with Crippen LogP contribution < -0.4 is 21.9 Å². The van der Waals surface area contributed by atoms with Gasteiger partial charge >= 0.3 is 5.97 Å². The second-order valence-electron chi connectivity index (χ2n) is 17.9. The lowest BCUT2D eigenvalue weighted by Gasteiger charge is -2.28. The number of unbranched alkanes of at least 4 members (excludes halogenated alkanes) is 3. The van der Waals surface area contributed by atoms with Crippen LogP contribution in [0.5, 0.6) is 5.75 Å². The molecule has 374 valence electrons. The number of methoxy groups -OCH3 is 1. The van der Waals surface area contributed by atoms with Gasteiger partial charge in [-0.1, -0.05) is 71.9 Å². The molecular formula is C52H73N9O8. The maximum absolute atomic E-state index is 12.5. The van der Waals surface area contributed by atoms with Gasteiger partial charge in [0.1, 0.15) is 17.6 Å². The number of phenols is 1. The fourth-order valence-corrected chi connectivity index (χ4v) is 7.95. The van der Waals surface area contributed by atoms with E-state index in [0.29, 0.717) is 25.3 Å². The summed E-state index contributed by atoms with van der Waals surface area (Å²) in [6.45, 7) is 22.3. The lowest BCUT2D eigenvalue weighted by Crippen LogP contribution is -2.49. The molecule has 2 heterocycles. The number of rotatable bonds is 26. The average Bonchev–Trinajstić information content (AvgIpc) is 3.81. The molecule has 0 aliphatic rings. The molecule has 0 aliphatic carbocycles. The monoisotopic (exact) mass is 952 g/mol. The first-order chi connectivity index (χ1) is 32.7. The molecule has 4 amide bonds. The third-order valence-corrected chi connectivity index (χ3v) is 11.5. The highest BCUT2D eigenvalue weighted by molar-refractivity contribution is 6.00. The van der Waals surface area contributed by atoms with E-state index in [1.54, 1.807) is 40.3 Å². The van der Waals surface area contributed by atoms with E-state index in [9.17, 15) is 29.1 Å². The van der Waals surface area contributed by atoms with Crippen LogP contribution in [-0.2, 0) is 55.1 Å². The Hall–Kier alpha value is -6.85. The molecule has 2 atom stereocenters. The Labute approximate surface area is 406 Å². The molecule has 4 aromatic rings. The first-order valence-electron chi connectivity index (χ1n) is 23.2. The van der Waals surface area contributed by atoms with E-state index >= 15 is 0 Å². The number of nitrogens with zero attached hydrogens (tertiary/aromatic N) is 5. The third kappa shape index (κ3) is 16.4. The first kappa shape index (κ1) is 56.5. The van der Waals surface area contributed by atoms with Gasteiger partial charge in [-0.05, 0) is 104 Å². The van der Waals surface area contributed by atoms with Crippen molar-refractivity contribution in [3.05, 3.63) is 96.2 Å². The van der Waals surface area contributed by atoms with Gasteiger partial charge in [-0.15, -0.1) is 0 Å². The van der Waals surface area contributed by atoms with Crippen LogP contribution in [0.4, 0.5) is 5.82 Å². The lowest BCUT2D eigenvalue weighted by atomic mass is 9.85. The van der Waals surface area contributed by atoms with Crippen LogP contribution in [0.3, 0.4) is 0 Å². The number of benzene rings is 2. The van der Waals surface area contributed by atoms with Crippen LogP contribution in [0.15, 0.2) is 78.6 Å². The maximum Gasteiger partial charge on any atom is 0.302 e. The van der Waals surface area contributed by atoms with Crippen LogP contribution in [0.2, 0.25) is 0 Å². The predicted molar refractivity (Wildman–Crippen MR) is 273 cm³/mol. The van der Waals surface area contributed by atoms with E-state index in [1.807, 2.05) is 19.1 Å². The number of aromatic hydroxyl groups is 1. The van der Waals surface area contributed by atoms with Crippen molar-refractivity contribution in [3.8, 4) is 16.9 Å². The molecule has 0 radical (unpaired) electrons. The molecule has 0 saturated carbocycles. The smallest absolute Gasteiger partial charge is 0.302 e. The zero-order valence-corrected chi connectivity index (χ0v) is 42.1. The summed E-state index contributed by atoms with van der Waals surface area (Å²) >= 11 is 0. The number of anilines is 1. The summed E-state index contributed by atoms with van der Waals surface area (Å²) in [5, 5.41) is 14.3. The number of allylic oxidation sites excluding steroid dienone is 1. The van der Waals surface area contributed by atoms with Gasteiger partial charge in [-0.25, -0.2) is 10.4 Å². The number of hydrogen-bond donors (Lipinski definition) is 5. The van der Waals surface area contributed by atoms with Crippen LogP contribution in [0, 0.1) is 11.3 Å². The van der Waals surface area contributed by atoms with Crippen molar-refractivity contribution in [2.24, 2.45) is 29.1 Å². The Morgan fingerprint density at radius 2 is 1.75 bits per heavy atom. The van der Waals surface area contributed by atoms with Crippen LogP contribution in [-0.4, -0.2) is 99.9 Å². The van der Waals surface area contributed by atoms with Gasteiger partial charge < -0.3 is 39.7 Å². The lowest BCUT2D eigenvalue weighted by molar-refractivity contribution is -0.144. The standard InChI is InChI=1S/C38H52N4O5.C14H21N5O3/c1-8-17-39-35(27(3)46-7)23-37-34(24-38(5,6)25-47-28(4)44)33-22-30(15-16-36(33)42(37)9-2)31-19-29(20-32(45)21-31)14-12-10-11-13-18-40-41-26-43;1-6-10(20)17-9-7-16-13(18(9)4)14(22)19(5)11(8(2)3)12(15)21/h8,15-17,19-23,26-27,40,45H,1,9-14,18,24-25H2,2-7H3,(H,41,43);6-8,11H,1H2,2-5H3,(H2,15,21)(H,17,20)/b35-23+,39-17?;. The summed E-state index contributed by atoms with van der Waals surface area (Å²) in [5.74, 6) is -1.19. The summed E-state index contributed by atoms with van der Waals surface area (Å²) in [6, 6.07) is 11.6. The fourth-order valence-electron chi connectivity index (χ4n) is 7.95. The Kier molecular flexibility index (Phi) is 22.3. The minimum absolute atomic E-state index is 0.0914. The summed E-state index contributed by atoms with van der Waals surface area (Å²) in [6.07, 6.45) is 13.9. The van der Waals surface area contributed by atoms with E-state index < -0.39 is 23.8 Å². The molecule has 4 rings (SSSR count). The van der Waals surface area contributed by atoms with Crippen LogP contribution in [0.1, 0.15) is 102 Å². The van der Waals surface area contributed by atoms with Crippen molar-refractivity contribution >= 4 is 59.1 Å². The molecule has 2 aromatic carbocycles. The molecular weight excluding hydrogens is 879 g/mol. The van der Waals surface area contributed by atoms with E-state index in [1.165, 1.54) is 29.6 Å². The van der Waals surface area contributed by atoms with Gasteiger partial charge in [0.05, 0.1) is 24.6 Å². The normalized spacial score (nSPS) is 12.5. The molecule has 0 bridgehead atoms. The number of aliphatic imine (C=N–C) groups is 1. The number of aromatic nitrogens is 3. The molecule has 2 unspecified atom stereocenters. The molecule has 0 saturated heterocycles. The number of esters is 1. The Morgan fingerprint density at radius 1 is 1.04 bits per heavy atom. The number of imidazole rings is 1. The predicted octanol–water partition coefficient (Wildman–Crippen LogP) is 7.28. The van der Waals surface area contributed by atoms with Crippen molar-refractivity contribution in [3.63, 3.8) is 0 Å². The van der Waals surface area contributed by atoms with Gasteiger partial charge in [-0.3, -0.25) is 34.4 Å². The summed E-state index contributed by atoms with van der Waals surface area (Å²) in [7, 11) is 4.75. The summed E-state index contributed by atoms with van der Waals surface area (Å²) in [5.41, 5.74) is 17.4. The van der Waals surface area contributed by atoms with Gasteiger partial charge in [0.15, 0.2) is 0 Å². The number of carbonyl (C=O) groups excluding carboxylic acids is 5. The number of likely N-dealkylation sites (N-methyl/N-ethyl adjacent to an activating group) is 1. The molecule has 17 heteroatoms. The van der Waals surface area contributed by atoms with E-state index in [-0.39, 0.29) is 35.0 Å². The summed E-state index contributed by atoms with van der Waals surface area (Å²) in [4.78, 5) is 67.3. The number of aryl methyl sites for hydroxylation is 2. The molecule has 0 spiro atoms. The number of nitrogens with one attached hydrogen (secondary N) is 3. The Bertz CT molecular complexity index is 2480. The highest BCUT2D eigenvalue weighted by Gasteiger charge is 2.31. The second kappa shape index (κ2) is 27.2. The van der Waals surface area contributed by atoms with Gasteiger partial charge in [0.25, 0.3) is 5.91 Å². The third-order valence-electron chi connectivity index (χ3n) is 11.5. The van der Waals surface area contributed by atoms with Crippen molar-refractivity contribution in [1.29, 1.82) is 0 Å². The number of fused-ring (bicyclic) bond motifs is 1. The summed E-state index contributed by atoms with van der Waals surface area (Å²) < 4.78 is 14.9. The molecule has 6 N–H and O–H groups in total. The topological polar surface area (TPSA) is 224 Å². The zero-order valence-electron chi connectivity index (χ0n) is 42.1. The molecule has 2 aromatic heterocycles. The largest absolute Gasteiger partial charge is 0.508 e. The Balaban J connectivity index is 0.000000478. The number of ether oxygens (including phenoxy) is 2. The van der Waals surface area contributed by atoms with E-state index in [4.69, 9.17) is 15.2 Å². The number of carbonyl (C=O) groups is 5. The quantitative estimate of drug-likeness (QED) is 0.0106. The number of phenolic OH excluding ortho intramolecular Hbond substituents is 1. The van der Waals surface area contributed by atoms with Crippen molar-refractivity contribution < 1.29 is 38.6 Å². The van der Waals surface area contributed by atoms with Gasteiger partial charge in [-0.2, -0.15) is 0 Å². The maximum atomic E-state index is 12.5. The zero-order chi connectivity index (χ0) is 51.4. The number of primary amides is 1. The van der Waals surface area contributed by atoms with Gasteiger partial charge in [0, 0.05) is 69.4 Å². The van der Waals surface area contributed by atoms with E-state index in [2.05, 4.69) is 95.0 Å². The Morgan fingerprint density at radius 3 is 2.36 bits per heavy atom. The fraction of sp³-hybridized carbons (Fsp3) is 0.442. The van der Waals surface area contributed by atoms with Crippen molar-refractivity contribution in [1.82, 2.24) is 29.9 Å². The number of hydrogen-bond acceptors (Lipinski definition) is 11. The molecule has 0 aliphatic heterocycles. The molecule has 0 fully saturated rings. The molecule has 69 heavy (non-hydrogen) atoms. The highest BCUT2D eigenvalue weighted by Crippen LogP contribution is 2.37. The number of hydrazine groups is 1. The van der Waals surface area contributed by atoms with Crippen LogP contribution >= 0.6 is 0 Å². The van der Waals surface area contributed by atoms with Gasteiger partial charge in [0.2, 0.25) is 24.0 Å². The number of nitrogens with two attached hydrogens (primary N) is 1. The minimum Gasteiger partial charge on any atom is -0.508 e. The average molecular weight is 952 g/mol. The van der Waals surface area contributed by atoms with Crippen molar-refractivity contribution in [2.75, 3.05) is 32.6 Å². The SMILES string of the molecule is C=CC(=O)Nc1cnc(C(=O)N(C)C(C(N)=O)C(C)C)n1C.C=CC=N/C(=C/c1c(CC(C)(C)COC(C)=O)c2cc(-c3cc(O)cc(CCCCCCNNC=O)c3)ccc2n1CC)C(C)OC. The molecule has 17 nitrogen and oxygen atoms in total. The number of amides is 4. The first-order valence-corrected chi connectivity index (χ1v) is 23.2. The van der Waals surface area contributed by atoms with Crippen LogP contribution in [0.25, 0.3) is 28.1 Å².